The van der Waals surface area contributed by atoms with Gasteiger partial charge in [0.05, 0.1) is 0 Å². The van der Waals surface area contributed by atoms with E-state index in [0.29, 0.717) is 18.4 Å². The fourth-order valence-corrected chi connectivity index (χ4v) is 2.43. The molecule has 0 aliphatic heterocycles. The van der Waals surface area contributed by atoms with E-state index in [9.17, 15) is 14.3 Å². The van der Waals surface area contributed by atoms with E-state index in [1.54, 1.807) is 18.2 Å². The number of benzene rings is 2. The lowest BCUT2D eigenvalue weighted by Gasteiger charge is -2.20. The average molecular weight is 317 g/mol. The standard InChI is InChI=1S/C18H20FNO3/c19-17-7-2-1-6-16(17)8-10-20(18(22)23)13-15-5-3-4-14(12-15)9-11-21/h1-7,12,21H,8-11,13H2,(H,22,23). The molecule has 2 aromatic carbocycles. The third-order valence-corrected chi connectivity index (χ3v) is 3.64. The Balaban J connectivity index is 2.03. The lowest BCUT2D eigenvalue weighted by atomic mass is 10.1. The number of nitrogens with zero attached hydrogens (tertiary/aromatic N) is 1. The van der Waals surface area contributed by atoms with Gasteiger partial charge >= 0.3 is 6.09 Å². The molecule has 0 radical (unpaired) electrons. The van der Waals surface area contributed by atoms with Crippen molar-refractivity contribution in [1.82, 2.24) is 4.90 Å². The highest BCUT2D eigenvalue weighted by molar-refractivity contribution is 5.65. The molecule has 1 amide bonds. The van der Waals surface area contributed by atoms with Gasteiger partial charge in [-0.15, -0.1) is 0 Å². The highest BCUT2D eigenvalue weighted by Crippen LogP contribution is 2.12. The van der Waals surface area contributed by atoms with Crippen molar-refractivity contribution in [2.45, 2.75) is 19.4 Å². The van der Waals surface area contributed by atoms with Gasteiger partial charge in [-0.05, 0) is 35.6 Å². The Morgan fingerprint density at radius 1 is 1.04 bits per heavy atom. The van der Waals surface area contributed by atoms with Gasteiger partial charge in [-0.2, -0.15) is 0 Å². The number of hydrogen-bond donors (Lipinski definition) is 2. The van der Waals surface area contributed by atoms with E-state index in [0.717, 1.165) is 11.1 Å². The zero-order valence-corrected chi connectivity index (χ0v) is 12.8. The summed E-state index contributed by atoms with van der Waals surface area (Å²) in [5.74, 6) is -0.317. The van der Waals surface area contributed by atoms with Crippen LogP contribution in [-0.2, 0) is 19.4 Å². The van der Waals surface area contributed by atoms with E-state index in [1.165, 1.54) is 11.0 Å². The molecule has 4 nitrogen and oxygen atoms in total. The Labute approximate surface area is 134 Å². The van der Waals surface area contributed by atoms with Gasteiger partial charge in [0.15, 0.2) is 0 Å². The van der Waals surface area contributed by atoms with Gasteiger partial charge in [0, 0.05) is 19.7 Å². The van der Waals surface area contributed by atoms with Crippen LogP contribution in [0.3, 0.4) is 0 Å². The van der Waals surface area contributed by atoms with Gasteiger partial charge in [-0.25, -0.2) is 9.18 Å². The lowest BCUT2D eigenvalue weighted by Crippen LogP contribution is -2.31. The Bertz CT molecular complexity index is 660. The van der Waals surface area contributed by atoms with E-state index in [4.69, 9.17) is 5.11 Å². The summed E-state index contributed by atoms with van der Waals surface area (Å²) in [6.07, 6.45) is -0.167. The summed E-state index contributed by atoms with van der Waals surface area (Å²) in [7, 11) is 0. The maximum Gasteiger partial charge on any atom is 0.407 e. The summed E-state index contributed by atoms with van der Waals surface area (Å²) in [5.41, 5.74) is 2.32. The number of amides is 1. The minimum absolute atomic E-state index is 0.0549. The van der Waals surface area contributed by atoms with Crippen molar-refractivity contribution in [3.05, 3.63) is 71.0 Å². The lowest BCUT2D eigenvalue weighted by molar-refractivity contribution is 0.142. The summed E-state index contributed by atoms with van der Waals surface area (Å²) >= 11 is 0. The topological polar surface area (TPSA) is 60.8 Å². The Morgan fingerprint density at radius 3 is 2.48 bits per heavy atom. The van der Waals surface area contributed by atoms with Gasteiger partial charge in [0.1, 0.15) is 5.82 Å². The third kappa shape index (κ3) is 5.07. The van der Waals surface area contributed by atoms with Crippen LogP contribution in [0.25, 0.3) is 0 Å². The predicted molar refractivity (Wildman–Crippen MR) is 85.8 cm³/mol. The molecule has 2 N–H and O–H groups in total. The zero-order chi connectivity index (χ0) is 16.7. The SMILES string of the molecule is O=C(O)N(CCc1ccccc1F)Cc1cccc(CCO)c1. The molecule has 0 fully saturated rings. The van der Waals surface area contributed by atoms with Crippen LogP contribution in [0.15, 0.2) is 48.5 Å². The van der Waals surface area contributed by atoms with Crippen LogP contribution in [0, 0.1) is 5.82 Å². The molecular weight excluding hydrogens is 297 g/mol. The van der Waals surface area contributed by atoms with Crippen LogP contribution in [0.2, 0.25) is 0 Å². The molecule has 2 aromatic rings. The van der Waals surface area contributed by atoms with E-state index < -0.39 is 6.09 Å². The summed E-state index contributed by atoms with van der Waals surface area (Å²) in [5, 5.41) is 18.3. The first kappa shape index (κ1) is 17.0. The quantitative estimate of drug-likeness (QED) is 0.825. The van der Waals surface area contributed by atoms with Crippen LogP contribution in [0.1, 0.15) is 16.7 Å². The van der Waals surface area contributed by atoms with Gasteiger partial charge in [0.2, 0.25) is 0 Å². The number of carboxylic acid groups (broad SMARTS) is 1. The van der Waals surface area contributed by atoms with Gasteiger partial charge < -0.3 is 15.1 Å². The Kier molecular flexibility index (Phi) is 6.11. The van der Waals surface area contributed by atoms with Crippen molar-refractivity contribution in [3.8, 4) is 0 Å². The normalized spacial score (nSPS) is 10.5. The third-order valence-electron chi connectivity index (χ3n) is 3.64. The first-order valence-corrected chi connectivity index (χ1v) is 7.50. The maximum absolute atomic E-state index is 13.6. The number of carbonyl (C=O) groups is 1. The second-order valence-corrected chi connectivity index (χ2v) is 5.34. The first-order chi connectivity index (χ1) is 11.1. The maximum atomic E-state index is 13.6. The van der Waals surface area contributed by atoms with Crippen LogP contribution in [-0.4, -0.2) is 34.4 Å². The molecule has 2 rings (SSSR count). The minimum atomic E-state index is -1.03. The molecule has 5 heteroatoms. The van der Waals surface area contributed by atoms with Gasteiger partial charge in [0.25, 0.3) is 0 Å². The molecule has 0 bridgehead atoms. The monoisotopic (exact) mass is 317 g/mol. The van der Waals surface area contributed by atoms with Crippen LogP contribution < -0.4 is 0 Å². The van der Waals surface area contributed by atoms with E-state index in [2.05, 4.69) is 0 Å². The average Bonchev–Trinajstić information content (AvgIpc) is 2.53. The van der Waals surface area contributed by atoms with Gasteiger partial charge in [-0.1, -0.05) is 42.5 Å². The molecule has 0 aliphatic rings. The fourth-order valence-electron chi connectivity index (χ4n) is 2.43. The summed E-state index contributed by atoms with van der Waals surface area (Å²) in [6, 6.07) is 13.9. The van der Waals surface area contributed by atoms with Crippen LogP contribution in [0.4, 0.5) is 9.18 Å². The molecular formula is C18H20FNO3. The summed E-state index contributed by atoms with van der Waals surface area (Å²) in [6.45, 7) is 0.517. The van der Waals surface area contributed by atoms with E-state index in [1.807, 2.05) is 24.3 Å². The number of halogens is 1. The molecule has 0 atom stereocenters. The van der Waals surface area contributed by atoms with Crippen LogP contribution in [0.5, 0.6) is 0 Å². The fraction of sp³-hybridized carbons (Fsp3) is 0.278. The number of aliphatic hydroxyl groups excluding tert-OH is 1. The highest BCUT2D eigenvalue weighted by atomic mass is 19.1. The molecule has 0 unspecified atom stereocenters. The van der Waals surface area contributed by atoms with Crippen molar-refractivity contribution < 1.29 is 19.4 Å². The van der Waals surface area contributed by atoms with Crippen molar-refractivity contribution in [2.75, 3.05) is 13.2 Å². The van der Waals surface area contributed by atoms with Crippen molar-refractivity contribution in [3.63, 3.8) is 0 Å². The van der Waals surface area contributed by atoms with Crippen molar-refractivity contribution >= 4 is 6.09 Å². The van der Waals surface area contributed by atoms with Crippen LogP contribution >= 0.6 is 0 Å². The highest BCUT2D eigenvalue weighted by Gasteiger charge is 2.13. The second kappa shape index (κ2) is 8.29. The van der Waals surface area contributed by atoms with E-state index in [-0.39, 0.29) is 25.5 Å². The minimum Gasteiger partial charge on any atom is -0.465 e. The molecule has 0 saturated heterocycles. The number of aliphatic hydroxyl groups is 1. The Morgan fingerprint density at radius 2 is 1.78 bits per heavy atom. The molecule has 0 spiro atoms. The molecule has 0 aliphatic carbocycles. The summed E-state index contributed by atoms with van der Waals surface area (Å²) in [4.78, 5) is 12.7. The largest absolute Gasteiger partial charge is 0.465 e. The van der Waals surface area contributed by atoms with Gasteiger partial charge in [-0.3, -0.25) is 0 Å². The smallest absolute Gasteiger partial charge is 0.407 e. The number of rotatable bonds is 7. The Hall–Kier alpha value is -2.40. The van der Waals surface area contributed by atoms with E-state index >= 15 is 0 Å². The molecule has 0 saturated carbocycles. The van der Waals surface area contributed by atoms with Crippen molar-refractivity contribution in [2.24, 2.45) is 0 Å². The first-order valence-electron chi connectivity index (χ1n) is 7.50. The zero-order valence-electron chi connectivity index (χ0n) is 12.8. The number of hydrogen-bond acceptors (Lipinski definition) is 2. The molecule has 122 valence electrons. The summed E-state index contributed by atoms with van der Waals surface area (Å²) < 4.78 is 13.6. The molecule has 23 heavy (non-hydrogen) atoms. The van der Waals surface area contributed by atoms with Crippen molar-refractivity contribution in [1.29, 1.82) is 0 Å². The predicted octanol–water partition coefficient (Wildman–Crippen LogP) is 3.08. The molecule has 0 aromatic heterocycles. The second-order valence-electron chi connectivity index (χ2n) is 5.34. The molecule has 0 heterocycles.